The van der Waals surface area contributed by atoms with Gasteiger partial charge in [-0.3, -0.25) is 9.69 Å². The first-order valence-corrected chi connectivity index (χ1v) is 7.65. The van der Waals surface area contributed by atoms with Crippen molar-refractivity contribution in [2.24, 2.45) is 5.41 Å². The Bertz CT molecular complexity index is 283. The predicted molar refractivity (Wildman–Crippen MR) is 78.0 cm³/mol. The molecule has 1 heterocycles. The predicted octanol–water partition coefficient (Wildman–Crippen LogP) is 1.73. The average molecular weight is 270 g/mol. The summed E-state index contributed by atoms with van der Waals surface area (Å²) in [6.45, 7) is 10.5. The Morgan fingerprint density at radius 1 is 1.42 bits per heavy atom. The maximum Gasteiger partial charge on any atom is 0.236 e. The molecule has 0 spiro atoms. The fourth-order valence-electron chi connectivity index (χ4n) is 2.79. The number of likely N-dealkylation sites (tertiary alicyclic amines) is 1. The number of carbonyl (C=O) groups excluding carboxylic acids is 1. The van der Waals surface area contributed by atoms with E-state index in [0.717, 1.165) is 51.9 Å². The van der Waals surface area contributed by atoms with Gasteiger partial charge in [0.2, 0.25) is 5.91 Å². The van der Waals surface area contributed by atoms with E-state index in [9.17, 15) is 9.90 Å². The van der Waals surface area contributed by atoms with Crippen molar-refractivity contribution in [3.63, 3.8) is 0 Å². The maximum absolute atomic E-state index is 12.3. The van der Waals surface area contributed by atoms with Gasteiger partial charge in [0.05, 0.1) is 6.54 Å². The fourth-order valence-corrected chi connectivity index (χ4v) is 2.79. The van der Waals surface area contributed by atoms with Crippen molar-refractivity contribution in [2.75, 3.05) is 39.3 Å². The third kappa shape index (κ3) is 5.11. The van der Waals surface area contributed by atoms with E-state index in [4.69, 9.17) is 0 Å². The van der Waals surface area contributed by atoms with Gasteiger partial charge in [0, 0.05) is 31.7 Å². The molecule has 4 nitrogen and oxygen atoms in total. The van der Waals surface area contributed by atoms with Crippen LogP contribution in [0.2, 0.25) is 0 Å². The lowest BCUT2D eigenvalue weighted by molar-refractivity contribution is -0.133. The Kier molecular flexibility index (Phi) is 6.80. The van der Waals surface area contributed by atoms with E-state index in [1.54, 1.807) is 0 Å². The highest BCUT2D eigenvalue weighted by molar-refractivity contribution is 5.78. The summed E-state index contributed by atoms with van der Waals surface area (Å²) in [7, 11) is 0. The molecule has 0 aliphatic carbocycles. The van der Waals surface area contributed by atoms with Crippen LogP contribution in [-0.2, 0) is 4.79 Å². The Balaban J connectivity index is 2.46. The summed E-state index contributed by atoms with van der Waals surface area (Å²) in [6.07, 6.45) is 4.33. The van der Waals surface area contributed by atoms with Gasteiger partial charge >= 0.3 is 0 Å². The highest BCUT2D eigenvalue weighted by Crippen LogP contribution is 2.28. The molecule has 0 aromatic rings. The zero-order valence-electron chi connectivity index (χ0n) is 12.8. The normalized spacial score (nSPS) is 24.4. The molecule has 1 N–H and O–H groups in total. The van der Waals surface area contributed by atoms with Crippen molar-refractivity contribution in [3.8, 4) is 0 Å². The summed E-state index contributed by atoms with van der Waals surface area (Å²) < 4.78 is 0. The molecule has 0 saturated carbocycles. The Morgan fingerprint density at radius 2 is 2.16 bits per heavy atom. The molecule has 4 heteroatoms. The molecule has 1 atom stereocenters. The first kappa shape index (κ1) is 16.4. The summed E-state index contributed by atoms with van der Waals surface area (Å²) >= 11 is 0. The summed E-state index contributed by atoms with van der Waals surface area (Å²) in [5.74, 6) is 0.234. The minimum atomic E-state index is -0.0288. The zero-order chi connectivity index (χ0) is 14.3. The molecule has 0 bridgehead atoms. The molecule has 1 saturated heterocycles. The summed E-state index contributed by atoms with van der Waals surface area (Å²) in [5, 5.41) is 9.45. The van der Waals surface area contributed by atoms with Crippen LogP contribution in [0.3, 0.4) is 0 Å². The number of aliphatic hydroxyl groups excluding tert-OH is 1. The second kappa shape index (κ2) is 7.85. The minimum Gasteiger partial charge on any atom is -0.396 e. The fraction of sp³-hybridized carbons (Fsp3) is 0.933. The largest absolute Gasteiger partial charge is 0.396 e. The maximum atomic E-state index is 12.3. The lowest BCUT2D eigenvalue weighted by atomic mass is 9.83. The van der Waals surface area contributed by atoms with Gasteiger partial charge in [-0.05, 0) is 32.7 Å². The molecule has 1 aliphatic rings. The van der Waals surface area contributed by atoms with E-state index < -0.39 is 0 Å². The van der Waals surface area contributed by atoms with Gasteiger partial charge in [0.15, 0.2) is 0 Å². The molecule has 19 heavy (non-hydrogen) atoms. The highest BCUT2D eigenvalue weighted by Gasteiger charge is 2.31. The first-order valence-electron chi connectivity index (χ1n) is 7.65. The molecule has 0 aromatic heterocycles. The number of unbranched alkanes of at least 4 members (excludes halogenated alkanes) is 1. The molecule has 112 valence electrons. The summed E-state index contributed by atoms with van der Waals surface area (Å²) in [5.41, 5.74) is -0.0288. The van der Waals surface area contributed by atoms with E-state index >= 15 is 0 Å². The number of hydrogen-bond donors (Lipinski definition) is 1. The minimum absolute atomic E-state index is 0.0288. The van der Waals surface area contributed by atoms with Crippen molar-refractivity contribution in [3.05, 3.63) is 0 Å². The lowest BCUT2D eigenvalue weighted by Crippen LogP contribution is -2.48. The van der Waals surface area contributed by atoms with Crippen molar-refractivity contribution in [2.45, 2.75) is 46.5 Å². The average Bonchev–Trinajstić information content (AvgIpc) is 2.39. The second-order valence-electron chi connectivity index (χ2n) is 6.11. The van der Waals surface area contributed by atoms with Gasteiger partial charge in [0.25, 0.3) is 0 Å². The van der Waals surface area contributed by atoms with Crippen LogP contribution in [0.4, 0.5) is 0 Å². The molecule has 0 aromatic carbocycles. The van der Waals surface area contributed by atoms with E-state index in [-0.39, 0.29) is 17.9 Å². The van der Waals surface area contributed by atoms with Gasteiger partial charge in [-0.25, -0.2) is 0 Å². The third-order valence-corrected chi connectivity index (χ3v) is 4.12. The van der Waals surface area contributed by atoms with Gasteiger partial charge in [0.1, 0.15) is 0 Å². The van der Waals surface area contributed by atoms with Gasteiger partial charge < -0.3 is 10.0 Å². The quantitative estimate of drug-likeness (QED) is 0.766. The molecule has 1 fully saturated rings. The van der Waals surface area contributed by atoms with Crippen molar-refractivity contribution in [1.29, 1.82) is 0 Å². The lowest BCUT2D eigenvalue weighted by Gasteiger charge is -2.39. The molecular formula is C15H30N2O2. The van der Waals surface area contributed by atoms with Crippen molar-refractivity contribution in [1.82, 2.24) is 9.80 Å². The number of hydrogen-bond acceptors (Lipinski definition) is 3. The number of nitrogens with zero attached hydrogens (tertiary/aromatic N) is 2. The number of aliphatic hydroxyl groups is 1. The Labute approximate surface area is 117 Å². The van der Waals surface area contributed by atoms with E-state index in [2.05, 4.69) is 18.7 Å². The van der Waals surface area contributed by atoms with E-state index in [1.807, 2.05) is 11.8 Å². The van der Waals surface area contributed by atoms with Crippen LogP contribution >= 0.6 is 0 Å². The van der Waals surface area contributed by atoms with Gasteiger partial charge in [-0.2, -0.15) is 0 Å². The molecule has 1 rings (SSSR count). The SMILES string of the molecule is CCCCN(CC)C(=O)CN1CCCC(C)(CO)C1. The first-order chi connectivity index (χ1) is 9.04. The molecule has 1 unspecified atom stereocenters. The smallest absolute Gasteiger partial charge is 0.236 e. The number of piperidine rings is 1. The topological polar surface area (TPSA) is 43.8 Å². The monoisotopic (exact) mass is 270 g/mol. The van der Waals surface area contributed by atoms with Crippen molar-refractivity contribution >= 4 is 5.91 Å². The van der Waals surface area contributed by atoms with Crippen LogP contribution in [0.25, 0.3) is 0 Å². The molecule has 1 amide bonds. The summed E-state index contributed by atoms with van der Waals surface area (Å²) in [4.78, 5) is 16.4. The third-order valence-electron chi connectivity index (χ3n) is 4.12. The molecular weight excluding hydrogens is 240 g/mol. The number of carbonyl (C=O) groups is 1. The molecule has 1 aliphatic heterocycles. The van der Waals surface area contributed by atoms with Crippen LogP contribution < -0.4 is 0 Å². The van der Waals surface area contributed by atoms with Crippen LogP contribution in [0.1, 0.15) is 46.5 Å². The van der Waals surface area contributed by atoms with Crippen molar-refractivity contribution < 1.29 is 9.90 Å². The van der Waals surface area contributed by atoms with Crippen LogP contribution in [0.15, 0.2) is 0 Å². The number of rotatable bonds is 7. The van der Waals surface area contributed by atoms with Crippen LogP contribution in [0.5, 0.6) is 0 Å². The zero-order valence-corrected chi connectivity index (χ0v) is 12.8. The number of likely N-dealkylation sites (N-methyl/N-ethyl adjacent to an activating group) is 1. The molecule has 0 radical (unpaired) electrons. The number of amides is 1. The van der Waals surface area contributed by atoms with Gasteiger partial charge in [-0.1, -0.05) is 20.3 Å². The standard InChI is InChI=1S/C15H30N2O2/c1-4-6-10-17(5-2)14(19)11-16-9-7-8-15(3,12-16)13-18/h18H,4-13H2,1-3H3. The van der Waals surface area contributed by atoms with Gasteiger partial charge in [-0.15, -0.1) is 0 Å². The Morgan fingerprint density at radius 3 is 2.74 bits per heavy atom. The second-order valence-corrected chi connectivity index (χ2v) is 6.11. The Hall–Kier alpha value is -0.610. The van der Waals surface area contributed by atoms with Crippen LogP contribution in [0, 0.1) is 5.41 Å². The highest BCUT2D eigenvalue weighted by atomic mass is 16.3. The van der Waals surface area contributed by atoms with E-state index in [0.29, 0.717) is 6.54 Å². The van der Waals surface area contributed by atoms with E-state index in [1.165, 1.54) is 0 Å². The summed E-state index contributed by atoms with van der Waals surface area (Å²) in [6, 6.07) is 0. The van der Waals surface area contributed by atoms with Crippen LogP contribution in [-0.4, -0.2) is 60.1 Å².